The molecular formula is C14H21NO2. The number of rotatable bonds is 3. The first-order chi connectivity index (χ1) is 8.22. The van der Waals surface area contributed by atoms with E-state index in [0.717, 1.165) is 6.42 Å². The molecule has 1 aromatic carbocycles. The number of aliphatic hydroxyl groups is 2. The highest BCUT2D eigenvalue weighted by Crippen LogP contribution is 2.31. The van der Waals surface area contributed by atoms with Gasteiger partial charge in [-0.25, -0.2) is 0 Å². The summed E-state index contributed by atoms with van der Waals surface area (Å²) in [6.45, 7) is 2.24. The quantitative estimate of drug-likeness (QED) is 0.743. The van der Waals surface area contributed by atoms with Gasteiger partial charge in [-0.2, -0.15) is 0 Å². The van der Waals surface area contributed by atoms with Crippen LogP contribution in [0.2, 0.25) is 0 Å². The van der Waals surface area contributed by atoms with Crippen molar-refractivity contribution in [3.63, 3.8) is 0 Å². The average molecular weight is 235 g/mol. The fraction of sp³-hybridized carbons (Fsp3) is 0.571. The molecule has 17 heavy (non-hydrogen) atoms. The van der Waals surface area contributed by atoms with Gasteiger partial charge in [0.25, 0.3) is 0 Å². The Kier molecular flexibility index (Phi) is 4.15. The fourth-order valence-corrected chi connectivity index (χ4v) is 2.62. The van der Waals surface area contributed by atoms with Crippen molar-refractivity contribution in [1.29, 1.82) is 0 Å². The molecule has 0 spiro atoms. The molecule has 2 rings (SSSR count). The first kappa shape index (κ1) is 12.6. The van der Waals surface area contributed by atoms with Crippen molar-refractivity contribution >= 4 is 0 Å². The molecule has 3 N–H and O–H groups in total. The minimum atomic E-state index is -0.294. The molecule has 0 unspecified atom stereocenters. The van der Waals surface area contributed by atoms with E-state index in [1.807, 2.05) is 18.2 Å². The van der Waals surface area contributed by atoms with Gasteiger partial charge in [0.1, 0.15) is 0 Å². The van der Waals surface area contributed by atoms with Crippen LogP contribution in [0.4, 0.5) is 0 Å². The molecule has 0 saturated carbocycles. The normalized spacial score (nSPS) is 33.6. The van der Waals surface area contributed by atoms with Crippen LogP contribution in [0.25, 0.3) is 0 Å². The summed E-state index contributed by atoms with van der Waals surface area (Å²) in [7, 11) is 0. The summed E-state index contributed by atoms with van der Waals surface area (Å²) in [5, 5.41) is 22.6. The van der Waals surface area contributed by atoms with Crippen LogP contribution in [0.15, 0.2) is 30.3 Å². The molecule has 0 bridgehead atoms. The first-order valence-electron chi connectivity index (χ1n) is 6.32. The first-order valence-corrected chi connectivity index (χ1v) is 6.32. The van der Waals surface area contributed by atoms with Crippen LogP contribution in [0.5, 0.6) is 0 Å². The molecule has 3 heteroatoms. The van der Waals surface area contributed by atoms with Crippen LogP contribution in [-0.4, -0.2) is 29.0 Å². The molecule has 0 amide bonds. The van der Waals surface area contributed by atoms with Crippen molar-refractivity contribution in [2.45, 2.75) is 38.0 Å². The van der Waals surface area contributed by atoms with E-state index in [9.17, 15) is 5.11 Å². The summed E-state index contributed by atoms with van der Waals surface area (Å²) in [4.78, 5) is 0. The molecule has 94 valence electrons. The maximum Gasteiger partial charge on any atom is 0.0598 e. The summed E-state index contributed by atoms with van der Waals surface area (Å²) in [6.07, 6.45) is 1.14. The number of benzene rings is 1. The Morgan fingerprint density at radius 1 is 1.29 bits per heavy atom. The molecule has 3 nitrogen and oxygen atoms in total. The Labute approximate surface area is 102 Å². The number of hydrogen-bond acceptors (Lipinski definition) is 3. The second kappa shape index (κ2) is 5.63. The van der Waals surface area contributed by atoms with E-state index in [1.165, 1.54) is 5.56 Å². The largest absolute Gasteiger partial charge is 0.396 e. The zero-order chi connectivity index (χ0) is 12.3. The third-order valence-electron chi connectivity index (χ3n) is 3.71. The lowest BCUT2D eigenvalue weighted by atomic mass is 9.82. The van der Waals surface area contributed by atoms with Crippen molar-refractivity contribution in [2.24, 2.45) is 5.92 Å². The number of aliphatic hydroxyl groups excluding tert-OH is 2. The molecule has 1 aliphatic heterocycles. The van der Waals surface area contributed by atoms with Gasteiger partial charge in [-0.05, 0) is 18.4 Å². The Balaban J connectivity index is 2.14. The number of nitrogens with one attached hydrogen (secondary N) is 1. The van der Waals surface area contributed by atoms with E-state index in [1.54, 1.807) is 0 Å². The van der Waals surface area contributed by atoms with Crippen molar-refractivity contribution in [2.75, 3.05) is 6.61 Å². The van der Waals surface area contributed by atoms with Crippen molar-refractivity contribution in [1.82, 2.24) is 5.32 Å². The molecule has 1 aromatic rings. The number of hydrogen-bond donors (Lipinski definition) is 3. The van der Waals surface area contributed by atoms with Crippen LogP contribution >= 0.6 is 0 Å². The fourth-order valence-electron chi connectivity index (χ4n) is 2.62. The van der Waals surface area contributed by atoms with Crippen LogP contribution in [0.1, 0.15) is 31.4 Å². The van der Waals surface area contributed by atoms with E-state index in [-0.39, 0.29) is 30.7 Å². The van der Waals surface area contributed by atoms with Crippen LogP contribution in [0, 0.1) is 5.92 Å². The molecule has 0 aliphatic carbocycles. The van der Waals surface area contributed by atoms with Gasteiger partial charge in [0.2, 0.25) is 0 Å². The summed E-state index contributed by atoms with van der Waals surface area (Å²) >= 11 is 0. The van der Waals surface area contributed by atoms with Crippen molar-refractivity contribution < 1.29 is 10.2 Å². The highest BCUT2D eigenvalue weighted by molar-refractivity contribution is 5.21. The lowest BCUT2D eigenvalue weighted by Crippen LogP contribution is -2.48. The predicted octanol–water partition coefficient (Wildman–Crippen LogP) is 1.47. The monoisotopic (exact) mass is 235 g/mol. The zero-order valence-electron chi connectivity index (χ0n) is 10.2. The third kappa shape index (κ3) is 2.86. The maximum atomic E-state index is 10.1. The van der Waals surface area contributed by atoms with Crippen LogP contribution < -0.4 is 5.32 Å². The van der Waals surface area contributed by atoms with Gasteiger partial charge < -0.3 is 15.5 Å². The molecule has 0 aromatic heterocycles. The standard InChI is InChI=1S/C14H21NO2/c1-10-13(17)9-12(7-8-16)15-14(10)11-5-3-2-4-6-11/h2-6,10,12-17H,7-9H2,1H3/t10-,12+,13+,14+/m0/s1. The maximum absolute atomic E-state index is 10.1. The van der Waals surface area contributed by atoms with E-state index < -0.39 is 0 Å². The van der Waals surface area contributed by atoms with Gasteiger partial charge in [-0.3, -0.25) is 0 Å². The lowest BCUT2D eigenvalue weighted by Gasteiger charge is -2.39. The highest BCUT2D eigenvalue weighted by atomic mass is 16.3. The molecular weight excluding hydrogens is 214 g/mol. The predicted molar refractivity (Wildman–Crippen MR) is 67.6 cm³/mol. The third-order valence-corrected chi connectivity index (χ3v) is 3.71. The summed E-state index contributed by atoms with van der Waals surface area (Å²) in [5.41, 5.74) is 1.21. The lowest BCUT2D eigenvalue weighted by molar-refractivity contribution is 0.0354. The van der Waals surface area contributed by atoms with E-state index >= 15 is 0 Å². The molecule has 1 aliphatic rings. The van der Waals surface area contributed by atoms with Gasteiger partial charge in [-0.1, -0.05) is 37.3 Å². The van der Waals surface area contributed by atoms with E-state index in [0.29, 0.717) is 6.42 Å². The molecule has 4 atom stereocenters. The molecule has 1 fully saturated rings. The van der Waals surface area contributed by atoms with E-state index in [4.69, 9.17) is 5.11 Å². The second-order valence-electron chi connectivity index (χ2n) is 4.93. The van der Waals surface area contributed by atoms with Gasteiger partial charge in [-0.15, -0.1) is 0 Å². The van der Waals surface area contributed by atoms with Gasteiger partial charge in [0.05, 0.1) is 6.10 Å². The summed E-state index contributed by atoms with van der Waals surface area (Å²) in [6, 6.07) is 10.6. The van der Waals surface area contributed by atoms with Crippen LogP contribution in [0.3, 0.4) is 0 Å². The Bertz CT molecular complexity index is 341. The average Bonchev–Trinajstić information content (AvgIpc) is 2.35. The van der Waals surface area contributed by atoms with Crippen molar-refractivity contribution in [3.8, 4) is 0 Å². The highest BCUT2D eigenvalue weighted by Gasteiger charge is 2.33. The van der Waals surface area contributed by atoms with E-state index in [2.05, 4.69) is 24.4 Å². The SMILES string of the molecule is C[C@H]1[C@H](O)C[C@@H](CCO)N[C@H]1c1ccccc1. The van der Waals surface area contributed by atoms with Gasteiger partial charge >= 0.3 is 0 Å². The Morgan fingerprint density at radius 2 is 2.00 bits per heavy atom. The van der Waals surface area contributed by atoms with Crippen molar-refractivity contribution in [3.05, 3.63) is 35.9 Å². The van der Waals surface area contributed by atoms with Crippen LogP contribution in [-0.2, 0) is 0 Å². The summed E-state index contributed by atoms with van der Waals surface area (Å²) < 4.78 is 0. The smallest absolute Gasteiger partial charge is 0.0598 e. The molecule has 1 saturated heterocycles. The number of piperidine rings is 1. The minimum Gasteiger partial charge on any atom is -0.396 e. The Morgan fingerprint density at radius 3 is 2.65 bits per heavy atom. The zero-order valence-corrected chi connectivity index (χ0v) is 10.2. The second-order valence-corrected chi connectivity index (χ2v) is 4.93. The van der Waals surface area contributed by atoms with Gasteiger partial charge in [0.15, 0.2) is 0 Å². The summed E-state index contributed by atoms with van der Waals surface area (Å²) in [5.74, 6) is 0.201. The topological polar surface area (TPSA) is 52.5 Å². The minimum absolute atomic E-state index is 0.167. The molecule has 0 radical (unpaired) electrons. The van der Waals surface area contributed by atoms with Gasteiger partial charge in [0, 0.05) is 24.6 Å². The Hall–Kier alpha value is -0.900. The molecule has 1 heterocycles.